The maximum Gasteiger partial charge on any atom is 0.203 e. The molecule has 0 bridgehead atoms. The third kappa shape index (κ3) is 1.59. The molecule has 0 fully saturated rings. The van der Waals surface area contributed by atoms with E-state index in [-0.39, 0.29) is 5.12 Å². The summed E-state index contributed by atoms with van der Waals surface area (Å²) >= 11 is 3.58. The minimum Gasteiger partial charge on any atom is -0.286 e. The van der Waals surface area contributed by atoms with Crippen LogP contribution < -0.4 is 0 Å². The van der Waals surface area contributed by atoms with Gasteiger partial charge >= 0.3 is 0 Å². The SMILES string of the molecule is C#CC(C)(C)C(=O)S. The van der Waals surface area contributed by atoms with Gasteiger partial charge < -0.3 is 0 Å². The maximum absolute atomic E-state index is 10.4. The molecule has 0 aromatic carbocycles. The van der Waals surface area contributed by atoms with Crippen molar-refractivity contribution in [1.82, 2.24) is 0 Å². The molecule has 8 heavy (non-hydrogen) atoms. The van der Waals surface area contributed by atoms with Gasteiger partial charge in [0.1, 0.15) is 0 Å². The fourth-order valence-corrected chi connectivity index (χ4v) is 0.126. The molecule has 0 rings (SSSR count). The standard InChI is InChI=1S/C6H8OS/c1-4-6(2,3)5(7)8/h1H,2-3H3,(H,7,8). The lowest BCUT2D eigenvalue weighted by Gasteiger charge is -2.09. The summed E-state index contributed by atoms with van der Waals surface area (Å²) in [6, 6.07) is 0. The number of hydrogen-bond acceptors (Lipinski definition) is 1. The highest BCUT2D eigenvalue weighted by Crippen LogP contribution is 2.15. The lowest BCUT2D eigenvalue weighted by atomic mass is 9.97. The number of terminal acetylenes is 1. The van der Waals surface area contributed by atoms with Gasteiger partial charge in [-0.3, -0.25) is 4.79 Å². The van der Waals surface area contributed by atoms with Crippen molar-refractivity contribution in [3.63, 3.8) is 0 Å². The third-order valence-corrected chi connectivity index (χ3v) is 1.45. The Balaban J connectivity index is 4.19. The second kappa shape index (κ2) is 2.23. The van der Waals surface area contributed by atoms with Crippen molar-refractivity contribution in [2.24, 2.45) is 5.41 Å². The fraction of sp³-hybridized carbons (Fsp3) is 0.500. The first-order valence-electron chi connectivity index (χ1n) is 2.22. The Morgan fingerprint density at radius 2 is 2.12 bits per heavy atom. The molecule has 0 aromatic rings. The number of carbonyl (C=O) groups excluding carboxylic acids is 1. The Kier molecular flexibility index (Phi) is 2.12. The molecular formula is C6H8OS. The minimum absolute atomic E-state index is 0.264. The summed E-state index contributed by atoms with van der Waals surface area (Å²) in [4.78, 5) is 10.4. The lowest BCUT2D eigenvalue weighted by molar-refractivity contribution is -0.115. The van der Waals surface area contributed by atoms with Crippen LogP contribution in [0.2, 0.25) is 0 Å². The van der Waals surface area contributed by atoms with Gasteiger partial charge in [0.15, 0.2) is 0 Å². The molecule has 44 valence electrons. The van der Waals surface area contributed by atoms with Crippen LogP contribution in [0, 0.1) is 17.8 Å². The monoisotopic (exact) mass is 128 g/mol. The number of carbonyl (C=O) groups is 1. The molecular weight excluding hydrogens is 120 g/mol. The summed E-state index contributed by atoms with van der Waals surface area (Å²) in [5.74, 6) is 2.31. The van der Waals surface area contributed by atoms with Crippen molar-refractivity contribution in [3.05, 3.63) is 0 Å². The molecule has 0 aromatic heterocycles. The minimum atomic E-state index is -0.705. The Bertz CT molecular complexity index is 141. The van der Waals surface area contributed by atoms with E-state index in [1.54, 1.807) is 13.8 Å². The zero-order valence-electron chi connectivity index (χ0n) is 4.93. The van der Waals surface area contributed by atoms with Gasteiger partial charge in [-0.25, -0.2) is 0 Å². The van der Waals surface area contributed by atoms with E-state index in [4.69, 9.17) is 6.42 Å². The van der Waals surface area contributed by atoms with Crippen molar-refractivity contribution < 1.29 is 4.79 Å². The van der Waals surface area contributed by atoms with Gasteiger partial charge in [0.2, 0.25) is 5.12 Å². The zero-order valence-corrected chi connectivity index (χ0v) is 5.83. The van der Waals surface area contributed by atoms with E-state index in [1.807, 2.05) is 0 Å². The van der Waals surface area contributed by atoms with Crippen molar-refractivity contribution in [2.45, 2.75) is 13.8 Å². The summed E-state index contributed by atoms with van der Waals surface area (Å²) in [5.41, 5.74) is -0.705. The number of rotatable bonds is 1. The highest BCUT2D eigenvalue weighted by molar-refractivity contribution is 7.96. The van der Waals surface area contributed by atoms with Crippen LogP contribution in [-0.4, -0.2) is 5.12 Å². The van der Waals surface area contributed by atoms with Crippen LogP contribution in [0.25, 0.3) is 0 Å². The maximum atomic E-state index is 10.4. The van der Waals surface area contributed by atoms with Gasteiger partial charge in [-0.15, -0.1) is 19.1 Å². The van der Waals surface area contributed by atoms with E-state index in [9.17, 15) is 4.79 Å². The molecule has 0 aliphatic carbocycles. The molecule has 0 heterocycles. The summed E-state index contributed by atoms with van der Waals surface area (Å²) < 4.78 is 0. The molecule has 0 aliphatic rings. The summed E-state index contributed by atoms with van der Waals surface area (Å²) in [7, 11) is 0. The highest BCUT2D eigenvalue weighted by atomic mass is 32.1. The molecule has 0 saturated carbocycles. The Hall–Kier alpha value is -0.420. The molecule has 0 saturated heterocycles. The van der Waals surface area contributed by atoms with Gasteiger partial charge in [-0.1, -0.05) is 5.92 Å². The van der Waals surface area contributed by atoms with Gasteiger partial charge in [-0.05, 0) is 13.8 Å². The van der Waals surface area contributed by atoms with Crippen LogP contribution in [0.1, 0.15) is 13.8 Å². The van der Waals surface area contributed by atoms with Gasteiger partial charge in [0, 0.05) is 0 Å². The molecule has 0 radical (unpaired) electrons. The smallest absolute Gasteiger partial charge is 0.203 e. The molecule has 2 heteroatoms. The van der Waals surface area contributed by atoms with E-state index in [0.29, 0.717) is 0 Å². The first kappa shape index (κ1) is 7.58. The van der Waals surface area contributed by atoms with Gasteiger partial charge in [-0.2, -0.15) is 0 Å². The Morgan fingerprint density at radius 3 is 2.12 bits per heavy atom. The normalized spacial score (nSPS) is 10.2. The zero-order chi connectivity index (χ0) is 6.78. The fourth-order valence-electron chi connectivity index (χ4n) is 0.0617. The van der Waals surface area contributed by atoms with Gasteiger partial charge in [0.05, 0.1) is 5.41 Å². The topological polar surface area (TPSA) is 17.1 Å². The quantitative estimate of drug-likeness (QED) is 0.413. The molecule has 0 atom stereocenters. The van der Waals surface area contributed by atoms with Crippen molar-refractivity contribution in [1.29, 1.82) is 0 Å². The third-order valence-electron chi connectivity index (χ3n) is 0.896. The summed E-state index contributed by atoms with van der Waals surface area (Å²) in [5, 5.41) is -0.264. The van der Waals surface area contributed by atoms with E-state index in [0.717, 1.165) is 0 Å². The van der Waals surface area contributed by atoms with Crippen LogP contribution in [0.15, 0.2) is 0 Å². The molecule has 0 N–H and O–H groups in total. The molecule has 0 unspecified atom stereocenters. The second-order valence-electron chi connectivity index (χ2n) is 2.07. The van der Waals surface area contributed by atoms with Gasteiger partial charge in [0.25, 0.3) is 0 Å². The predicted molar refractivity (Wildman–Crippen MR) is 36.6 cm³/mol. The molecule has 0 aliphatic heterocycles. The first-order chi connectivity index (χ1) is 3.50. The van der Waals surface area contributed by atoms with E-state index in [1.165, 1.54) is 0 Å². The highest BCUT2D eigenvalue weighted by Gasteiger charge is 2.20. The first-order valence-corrected chi connectivity index (χ1v) is 2.66. The predicted octanol–water partition coefficient (Wildman–Crippen LogP) is 1.10. The largest absolute Gasteiger partial charge is 0.286 e. The molecule has 0 spiro atoms. The van der Waals surface area contributed by atoms with Crippen LogP contribution >= 0.6 is 12.6 Å². The van der Waals surface area contributed by atoms with Crippen molar-refractivity contribution >= 4 is 17.7 Å². The van der Waals surface area contributed by atoms with Crippen molar-refractivity contribution in [3.8, 4) is 12.3 Å². The average molecular weight is 128 g/mol. The van der Waals surface area contributed by atoms with Crippen LogP contribution in [0.5, 0.6) is 0 Å². The second-order valence-corrected chi connectivity index (χ2v) is 2.48. The van der Waals surface area contributed by atoms with Crippen LogP contribution in [0.4, 0.5) is 0 Å². The number of thiol groups is 1. The van der Waals surface area contributed by atoms with E-state index < -0.39 is 5.41 Å². The number of hydrogen-bond donors (Lipinski definition) is 1. The van der Waals surface area contributed by atoms with Crippen LogP contribution in [-0.2, 0) is 4.79 Å². The summed E-state index contributed by atoms with van der Waals surface area (Å²) in [6.45, 7) is 3.31. The lowest BCUT2D eigenvalue weighted by Crippen LogP contribution is -2.15. The van der Waals surface area contributed by atoms with E-state index in [2.05, 4.69) is 18.5 Å². The Morgan fingerprint density at radius 1 is 1.75 bits per heavy atom. The average Bonchev–Trinajstić information content (AvgIpc) is 1.67. The summed E-state index contributed by atoms with van der Waals surface area (Å²) in [6.07, 6.45) is 4.99. The Labute approximate surface area is 54.9 Å². The molecule has 1 nitrogen and oxygen atoms in total. The van der Waals surface area contributed by atoms with Crippen LogP contribution in [0.3, 0.4) is 0 Å². The van der Waals surface area contributed by atoms with E-state index >= 15 is 0 Å². The van der Waals surface area contributed by atoms with Crippen molar-refractivity contribution in [2.75, 3.05) is 0 Å². The molecule has 0 amide bonds.